The van der Waals surface area contributed by atoms with Gasteiger partial charge in [0, 0.05) is 104 Å². The minimum absolute atomic E-state index is 0. The summed E-state index contributed by atoms with van der Waals surface area (Å²) >= 11 is 5.45. The number of rotatable bonds is 20. The molecule has 2 aliphatic rings. The van der Waals surface area contributed by atoms with Gasteiger partial charge in [-0.15, -0.1) is 11.6 Å². The van der Waals surface area contributed by atoms with E-state index >= 15 is 0 Å². The van der Waals surface area contributed by atoms with Gasteiger partial charge in [0.15, 0.2) is 0 Å². The predicted molar refractivity (Wildman–Crippen MR) is 275 cm³/mol. The van der Waals surface area contributed by atoms with Crippen LogP contribution in [0.5, 0.6) is 0 Å². The van der Waals surface area contributed by atoms with Gasteiger partial charge in [0.1, 0.15) is 0 Å². The van der Waals surface area contributed by atoms with Gasteiger partial charge in [-0.25, -0.2) is 4.98 Å². The third kappa shape index (κ3) is 85.2. The van der Waals surface area contributed by atoms with E-state index in [4.69, 9.17) is 25.8 Å². The molecule has 22 heteroatoms. The van der Waals surface area contributed by atoms with Crippen LogP contribution < -0.4 is 46.7 Å². The van der Waals surface area contributed by atoms with Crippen LogP contribution >= 0.6 is 11.6 Å². The van der Waals surface area contributed by atoms with Crippen LogP contribution in [0.1, 0.15) is 147 Å². The topological polar surface area (TPSA) is 58.5 Å². The van der Waals surface area contributed by atoms with Crippen molar-refractivity contribution in [2.75, 3.05) is 86.5 Å². The quantitative estimate of drug-likeness (QED) is 0.0854. The Morgan fingerprint density at radius 3 is 1.12 bits per heavy atom. The third-order valence-electron chi connectivity index (χ3n) is 7.34. The summed E-state index contributed by atoms with van der Waals surface area (Å²) in [5.41, 5.74) is 0. The summed E-state index contributed by atoms with van der Waals surface area (Å²) in [7, 11) is -4.45. The average molecular weight is 1050 g/mol. The molecule has 3 atom stereocenters. The zero-order valence-corrected chi connectivity index (χ0v) is 40.1. The molecular weight excluding hydrogens is 940 g/mol. The normalized spacial score (nSPS) is 12.0. The molecule has 0 aromatic carbocycles. The van der Waals surface area contributed by atoms with Crippen LogP contribution in [0.4, 0.5) is 30.2 Å². The van der Waals surface area contributed by atoms with E-state index < -0.39 is 14.8 Å². The number of nitrogens with zero attached hydrogens (tertiary/aromatic N) is 6. The Balaban J connectivity index is -0.0000000378. The van der Waals surface area contributed by atoms with Crippen molar-refractivity contribution in [1.82, 2.24) is 29.2 Å². The summed E-state index contributed by atoms with van der Waals surface area (Å²) in [5, 5.41) is 0. The summed E-state index contributed by atoms with van der Waals surface area (Å²) in [6.45, 7) is 23.4. The van der Waals surface area contributed by atoms with Crippen molar-refractivity contribution < 1.29 is 91.1 Å². The second kappa shape index (κ2) is 73.9. The largest absolute Gasteiger partial charge is 1.00 e. The maximum absolute atomic E-state index is 9.75. The molecule has 9 nitrogen and oxygen atoms in total. The van der Waals surface area contributed by atoms with Gasteiger partial charge in [0.2, 0.25) is 0 Å². The van der Waals surface area contributed by atoms with Crippen LogP contribution in [0.25, 0.3) is 0 Å². The van der Waals surface area contributed by atoms with Crippen LogP contribution in [0, 0.1) is 17.8 Å². The molecule has 0 N–H and O–H groups in total. The molecule has 67 heavy (non-hydrogen) atoms. The molecule has 1 aromatic rings. The van der Waals surface area contributed by atoms with Crippen molar-refractivity contribution in [2.45, 2.75) is 153 Å². The predicted octanol–water partition coefficient (Wildman–Crippen LogP) is 6.34. The van der Waals surface area contributed by atoms with Gasteiger partial charge in [0.25, 0.3) is 0 Å². The molecule has 0 saturated heterocycles. The Labute approximate surface area is 445 Å². The molecule has 3 unspecified atom stereocenters. The Morgan fingerprint density at radius 2 is 0.881 bits per heavy atom. The molecule has 0 bridgehead atoms. The van der Waals surface area contributed by atoms with Crippen molar-refractivity contribution in [3.05, 3.63) is 43.5 Å². The molecular formula is C45H107B2Cl2F8N6NaO3-2. The van der Waals surface area contributed by atoms with E-state index in [0.717, 1.165) is 52.8 Å². The van der Waals surface area contributed by atoms with Gasteiger partial charge in [0.05, 0.1) is 32.9 Å². The van der Waals surface area contributed by atoms with Crippen LogP contribution in [-0.4, -0.2) is 130 Å². The standard InChI is InChI=1S/2C12H24N2O.C7H12N2.C5H11ClO.9CH4.BF4.BF3.ClH.FH.Na/c2*1-4-5-6-13-7-8-14(11-13)9-12(2)10-15-3;1-2-3-5-9-6-4-8-7-9;1-5(3-6)4-7-2;;;;;;;;;;2-1(3,4)5;2-1(3)4;;;/h2*7-8,12H,4-6,9-11H2,1-3H3;4,6-7H,2-3,5H2,1H3;5H,3-4H2,1-2H3;9*1H4;;;2*1H;/q;;;;;;;;;;;;;-1;;;;+1/p-2. The van der Waals surface area contributed by atoms with Crippen LogP contribution in [0.3, 0.4) is 0 Å². The second-order valence-electron chi connectivity index (χ2n) is 13.5. The Bertz CT molecular complexity index is 967. The molecule has 0 aliphatic carbocycles. The molecule has 3 rings (SSSR count). The zero-order chi connectivity index (χ0) is 42.5. The van der Waals surface area contributed by atoms with E-state index in [9.17, 15) is 30.2 Å². The molecule has 0 spiro atoms. The fraction of sp³-hybridized carbons (Fsp3) is 0.844. The summed E-state index contributed by atoms with van der Waals surface area (Å²) < 4.78 is 85.2. The van der Waals surface area contributed by atoms with Gasteiger partial charge in [-0.2, -0.15) is 0 Å². The van der Waals surface area contributed by atoms with E-state index in [-0.39, 0.29) is 114 Å². The molecule has 0 amide bonds. The number of hydrogen-bond acceptors (Lipinski definition) is 8. The third-order valence-corrected chi connectivity index (χ3v) is 7.87. The van der Waals surface area contributed by atoms with Crippen molar-refractivity contribution in [1.29, 1.82) is 0 Å². The summed E-state index contributed by atoms with van der Waals surface area (Å²) in [4.78, 5) is 13.4. The first-order chi connectivity index (χ1) is 26.0. The summed E-state index contributed by atoms with van der Waals surface area (Å²) in [6, 6.07) is 0. The van der Waals surface area contributed by atoms with Crippen molar-refractivity contribution in [2.24, 2.45) is 17.8 Å². The number of alkyl halides is 1. The summed E-state index contributed by atoms with van der Waals surface area (Å²) in [5.74, 6) is 2.39. The smallest absolute Gasteiger partial charge is 1.00 e. The molecule has 3 heterocycles. The minimum atomic E-state index is -6.00. The van der Waals surface area contributed by atoms with E-state index in [1.807, 2.05) is 18.7 Å². The first kappa shape index (κ1) is 107. The summed E-state index contributed by atoms with van der Waals surface area (Å²) in [6.07, 6.45) is 22.1. The Hall–Kier alpha value is -1.08. The number of ether oxygens (including phenoxy) is 3. The SMILES string of the molecule is C.C.C.C.C.C.C.C.C.CCCCN1C=CN(CC(C)COC)C1.CCCCN1C=CN(CC(C)COC)C1.CCCCn1ccnc1.COCC(C)CCl.FB(F)F.F[B-](F)(F)F.[Cl-].[F-].[Na+]. The number of halogens is 10. The van der Waals surface area contributed by atoms with Gasteiger partial charge < -0.3 is 72.8 Å². The Kier molecular flexibility index (Phi) is 118. The average Bonchev–Trinajstić information content (AvgIpc) is 3.89. The van der Waals surface area contributed by atoms with Gasteiger partial charge in [-0.05, 0) is 37.0 Å². The number of methoxy groups -OCH3 is 3. The number of unbranched alkanes of at least 4 members (excludes halogenated alkanes) is 3. The van der Waals surface area contributed by atoms with E-state index in [0.29, 0.717) is 23.6 Å². The van der Waals surface area contributed by atoms with Crippen molar-refractivity contribution >= 4 is 26.4 Å². The van der Waals surface area contributed by atoms with Crippen molar-refractivity contribution in [3.63, 3.8) is 0 Å². The van der Waals surface area contributed by atoms with Gasteiger partial charge in [-0.3, -0.25) is 12.9 Å². The van der Waals surface area contributed by atoms with Crippen molar-refractivity contribution in [3.8, 4) is 0 Å². The molecule has 0 saturated carbocycles. The molecule has 414 valence electrons. The fourth-order valence-corrected chi connectivity index (χ4v) is 4.94. The number of aromatic nitrogens is 2. The van der Waals surface area contributed by atoms with Gasteiger partial charge in [-0.1, -0.05) is 128 Å². The molecule has 0 fully saturated rings. The second-order valence-corrected chi connectivity index (χ2v) is 13.8. The minimum Gasteiger partial charge on any atom is -1.00 e. The van der Waals surface area contributed by atoms with E-state index in [1.54, 1.807) is 21.3 Å². The molecule has 2 aliphatic heterocycles. The fourth-order valence-electron chi connectivity index (χ4n) is 4.85. The molecule has 0 radical (unpaired) electrons. The number of imidazole rings is 1. The van der Waals surface area contributed by atoms with E-state index in [2.05, 4.69) is 95.5 Å². The number of hydrogen-bond donors (Lipinski definition) is 0. The monoisotopic (exact) mass is 1050 g/mol. The number of aryl methyl sites for hydroxylation is 1. The van der Waals surface area contributed by atoms with Crippen LogP contribution in [0.15, 0.2) is 43.5 Å². The van der Waals surface area contributed by atoms with E-state index in [1.165, 1.54) is 51.6 Å². The first-order valence-electron chi connectivity index (χ1n) is 19.1. The van der Waals surface area contributed by atoms with Crippen LogP contribution in [-0.2, 0) is 20.8 Å². The first-order valence-corrected chi connectivity index (χ1v) is 19.6. The maximum Gasteiger partial charge on any atom is 1.00 e. The molecule has 1 aromatic heterocycles. The van der Waals surface area contributed by atoms with Crippen LogP contribution in [0.2, 0.25) is 0 Å². The maximum atomic E-state index is 9.75. The zero-order valence-electron chi connectivity index (χ0n) is 36.6. The van der Waals surface area contributed by atoms with Gasteiger partial charge >= 0.3 is 44.4 Å². The Morgan fingerprint density at radius 1 is 0.597 bits per heavy atom.